The van der Waals surface area contributed by atoms with Gasteiger partial charge in [-0.1, -0.05) is 13.3 Å². The van der Waals surface area contributed by atoms with Crippen molar-refractivity contribution in [2.75, 3.05) is 13.2 Å². The van der Waals surface area contributed by atoms with Gasteiger partial charge in [0.15, 0.2) is 0 Å². The molecule has 0 aromatic carbocycles. The first-order valence-corrected chi connectivity index (χ1v) is 3.72. The molecule has 0 aliphatic carbocycles. The Morgan fingerprint density at radius 1 is 1.60 bits per heavy atom. The second-order valence-corrected chi connectivity index (χ2v) is 2.70. The van der Waals surface area contributed by atoms with Crippen LogP contribution in [0.3, 0.4) is 0 Å². The highest BCUT2D eigenvalue weighted by Crippen LogP contribution is 2.17. The Morgan fingerprint density at radius 3 is 2.70 bits per heavy atom. The number of aliphatic hydroxyl groups excluding tert-OH is 1. The third-order valence-electron chi connectivity index (χ3n) is 2.21. The summed E-state index contributed by atoms with van der Waals surface area (Å²) in [6, 6.07) is 0.384. The first-order chi connectivity index (χ1) is 4.38. The molecule has 1 heterocycles. The van der Waals surface area contributed by atoms with E-state index in [1.54, 1.807) is 0 Å². The van der Waals surface area contributed by atoms with Crippen molar-refractivity contribution in [1.29, 1.82) is 0 Å². The fourth-order valence-electron chi connectivity index (χ4n) is 1.52. The van der Waals surface area contributed by atoms with E-state index in [2.05, 4.69) is 12.2 Å². The highest BCUT2D eigenvalue weighted by Gasteiger charge is 2.23. The minimum absolute atomic E-state index is 0. The number of halogens is 1. The van der Waals surface area contributed by atoms with Gasteiger partial charge in [0, 0.05) is 6.04 Å². The lowest BCUT2D eigenvalue weighted by Gasteiger charge is -2.13. The largest absolute Gasteiger partial charge is 0.395 e. The number of aliphatic hydroxyl groups is 1. The number of hydrogen-bond donors (Lipinski definition) is 2. The van der Waals surface area contributed by atoms with Gasteiger partial charge in [-0.3, -0.25) is 0 Å². The molecule has 3 heteroatoms. The Bertz CT molecular complexity index is 79.7. The van der Waals surface area contributed by atoms with E-state index in [0.29, 0.717) is 12.6 Å². The van der Waals surface area contributed by atoms with Crippen LogP contribution < -0.4 is 5.32 Å². The van der Waals surface area contributed by atoms with Gasteiger partial charge in [0.2, 0.25) is 0 Å². The zero-order valence-electron chi connectivity index (χ0n) is 6.34. The molecular weight excluding hydrogens is 150 g/mol. The van der Waals surface area contributed by atoms with Crippen molar-refractivity contribution in [2.24, 2.45) is 5.92 Å². The van der Waals surface area contributed by atoms with Gasteiger partial charge in [-0.2, -0.15) is 0 Å². The molecule has 0 bridgehead atoms. The summed E-state index contributed by atoms with van der Waals surface area (Å²) in [7, 11) is 0. The number of nitrogens with one attached hydrogen (secondary N) is 1. The van der Waals surface area contributed by atoms with Gasteiger partial charge in [0.05, 0.1) is 6.61 Å². The van der Waals surface area contributed by atoms with Gasteiger partial charge in [0.25, 0.3) is 0 Å². The monoisotopic (exact) mass is 165 g/mol. The summed E-state index contributed by atoms with van der Waals surface area (Å²) in [6.07, 6.45) is 2.43. The number of hydrogen-bond acceptors (Lipinski definition) is 2. The molecule has 0 amide bonds. The van der Waals surface area contributed by atoms with Gasteiger partial charge in [0.1, 0.15) is 0 Å². The van der Waals surface area contributed by atoms with Gasteiger partial charge >= 0.3 is 0 Å². The van der Waals surface area contributed by atoms with Crippen molar-refractivity contribution in [2.45, 2.75) is 25.8 Å². The maximum atomic E-state index is 8.81. The third kappa shape index (κ3) is 2.11. The average Bonchev–Trinajstić information content (AvgIpc) is 2.33. The highest BCUT2D eigenvalue weighted by atomic mass is 35.5. The quantitative estimate of drug-likeness (QED) is 0.634. The van der Waals surface area contributed by atoms with E-state index >= 15 is 0 Å². The normalized spacial score (nSPS) is 31.8. The molecule has 1 rings (SSSR count). The van der Waals surface area contributed by atoms with Crippen LogP contribution in [-0.2, 0) is 0 Å². The van der Waals surface area contributed by atoms with E-state index in [0.717, 1.165) is 12.5 Å². The van der Waals surface area contributed by atoms with Crippen LogP contribution in [0.25, 0.3) is 0 Å². The maximum Gasteiger partial charge on any atom is 0.0587 e. The molecule has 0 saturated carbocycles. The van der Waals surface area contributed by atoms with E-state index in [1.165, 1.54) is 12.8 Å². The van der Waals surface area contributed by atoms with E-state index in [-0.39, 0.29) is 12.4 Å². The minimum atomic E-state index is 0. The van der Waals surface area contributed by atoms with Gasteiger partial charge in [-0.05, 0) is 18.9 Å². The summed E-state index contributed by atoms with van der Waals surface area (Å²) < 4.78 is 0. The molecule has 2 atom stereocenters. The molecule has 2 unspecified atom stereocenters. The van der Waals surface area contributed by atoms with Crippen molar-refractivity contribution < 1.29 is 5.11 Å². The Hall–Kier alpha value is 0.210. The van der Waals surface area contributed by atoms with Crippen molar-refractivity contribution in [3.05, 3.63) is 0 Å². The summed E-state index contributed by atoms with van der Waals surface area (Å²) in [5.41, 5.74) is 0. The topological polar surface area (TPSA) is 32.3 Å². The third-order valence-corrected chi connectivity index (χ3v) is 2.21. The molecule has 1 aliphatic rings. The van der Waals surface area contributed by atoms with Crippen LogP contribution in [0.5, 0.6) is 0 Å². The summed E-state index contributed by atoms with van der Waals surface area (Å²) >= 11 is 0. The lowest BCUT2D eigenvalue weighted by Crippen LogP contribution is -2.30. The van der Waals surface area contributed by atoms with E-state index in [4.69, 9.17) is 5.11 Å². The van der Waals surface area contributed by atoms with E-state index in [1.807, 2.05) is 0 Å². The highest BCUT2D eigenvalue weighted by molar-refractivity contribution is 5.85. The van der Waals surface area contributed by atoms with Gasteiger partial charge < -0.3 is 10.4 Å². The zero-order chi connectivity index (χ0) is 6.69. The van der Waals surface area contributed by atoms with Crippen LogP contribution in [0.1, 0.15) is 19.8 Å². The van der Waals surface area contributed by atoms with Crippen LogP contribution in [0.2, 0.25) is 0 Å². The molecule has 2 nitrogen and oxygen atoms in total. The molecule has 1 saturated heterocycles. The molecule has 62 valence electrons. The first-order valence-electron chi connectivity index (χ1n) is 3.72. The zero-order valence-corrected chi connectivity index (χ0v) is 7.16. The smallest absolute Gasteiger partial charge is 0.0587 e. The predicted octanol–water partition coefficient (Wildman–Crippen LogP) is 0.789. The Morgan fingerprint density at radius 2 is 2.30 bits per heavy atom. The van der Waals surface area contributed by atoms with E-state index < -0.39 is 0 Å². The Labute approximate surface area is 68.4 Å². The fraction of sp³-hybridized carbons (Fsp3) is 1.00. The molecule has 0 spiro atoms. The summed E-state index contributed by atoms with van der Waals surface area (Å²) in [6.45, 7) is 3.57. The lowest BCUT2D eigenvalue weighted by atomic mass is 9.99. The standard InChI is InChI=1S/C7H15NO.ClH/c1-2-6-3-4-8-7(6)5-9;/h6-9H,2-5H2,1H3;1H. The fourth-order valence-corrected chi connectivity index (χ4v) is 1.52. The van der Waals surface area contributed by atoms with Crippen molar-refractivity contribution in [1.82, 2.24) is 5.32 Å². The predicted molar refractivity (Wildman–Crippen MR) is 44.5 cm³/mol. The second kappa shape index (κ2) is 4.94. The maximum absolute atomic E-state index is 8.81. The first kappa shape index (κ1) is 10.2. The van der Waals surface area contributed by atoms with Gasteiger partial charge in [-0.25, -0.2) is 0 Å². The Balaban J connectivity index is 0.000000810. The lowest BCUT2D eigenvalue weighted by molar-refractivity contribution is 0.225. The molecule has 1 aliphatic heterocycles. The molecule has 1 fully saturated rings. The van der Waals surface area contributed by atoms with Crippen LogP contribution >= 0.6 is 12.4 Å². The SMILES string of the molecule is CCC1CCNC1CO.Cl. The summed E-state index contributed by atoms with van der Waals surface area (Å²) in [5, 5.41) is 12.1. The molecule has 0 aromatic heterocycles. The van der Waals surface area contributed by atoms with Crippen molar-refractivity contribution in [3.63, 3.8) is 0 Å². The van der Waals surface area contributed by atoms with Crippen molar-refractivity contribution in [3.8, 4) is 0 Å². The van der Waals surface area contributed by atoms with Crippen molar-refractivity contribution >= 4 is 12.4 Å². The minimum Gasteiger partial charge on any atom is -0.395 e. The summed E-state index contributed by atoms with van der Waals surface area (Å²) in [4.78, 5) is 0. The van der Waals surface area contributed by atoms with Crippen LogP contribution in [0.15, 0.2) is 0 Å². The van der Waals surface area contributed by atoms with Crippen LogP contribution in [0, 0.1) is 5.92 Å². The second-order valence-electron chi connectivity index (χ2n) is 2.70. The Kier molecular flexibility index (Phi) is 5.04. The van der Waals surface area contributed by atoms with Crippen LogP contribution in [-0.4, -0.2) is 24.3 Å². The van der Waals surface area contributed by atoms with Gasteiger partial charge in [-0.15, -0.1) is 12.4 Å². The molecule has 10 heavy (non-hydrogen) atoms. The molecule has 0 aromatic rings. The molecule has 2 N–H and O–H groups in total. The average molecular weight is 166 g/mol. The van der Waals surface area contributed by atoms with E-state index in [9.17, 15) is 0 Å². The van der Waals surface area contributed by atoms with Crippen LogP contribution in [0.4, 0.5) is 0 Å². The molecular formula is C7H16ClNO. The molecule has 0 radical (unpaired) electrons. The number of rotatable bonds is 2. The summed E-state index contributed by atoms with van der Waals surface area (Å²) in [5.74, 6) is 0.718.